The summed E-state index contributed by atoms with van der Waals surface area (Å²) in [5.41, 5.74) is -1.34. The number of ether oxygens (including phenoxy) is 12. The first-order valence-corrected chi connectivity index (χ1v) is 32.2. The number of methoxy groups -OCH3 is 1. The molecule has 89 heavy (non-hydrogen) atoms. The second kappa shape index (κ2) is 26.0. The Hall–Kier alpha value is -2.39. The van der Waals surface area contributed by atoms with Gasteiger partial charge in [-0.3, -0.25) is 14.1 Å². The number of allylic oxidation sites excluding steroid dienone is 3. The van der Waals surface area contributed by atoms with E-state index in [9.17, 15) is 78.7 Å². The van der Waals surface area contributed by atoms with E-state index in [2.05, 4.69) is 40.3 Å². The van der Waals surface area contributed by atoms with Crippen LogP contribution in [0.15, 0.2) is 23.8 Å². The van der Waals surface area contributed by atoms with Crippen LogP contribution >= 0.6 is 0 Å². The van der Waals surface area contributed by atoms with E-state index in [1.165, 1.54) is 19.6 Å². The lowest BCUT2D eigenvalue weighted by Gasteiger charge is -2.64. The van der Waals surface area contributed by atoms with Crippen molar-refractivity contribution in [3.8, 4) is 0 Å². The van der Waals surface area contributed by atoms with Gasteiger partial charge in [-0.2, -0.15) is 8.42 Å². The molecule has 0 radical (unpaired) electrons. The molecular formula is C59H92O29S. The zero-order valence-corrected chi connectivity index (χ0v) is 52.1. The third kappa shape index (κ3) is 12.2. The highest BCUT2D eigenvalue weighted by molar-refractivity contribution is 7.80. The molecular weight excluding hydrogens is 1200 g/mol. The number of fused-ring (bicyclic) bond motifs is 4. The van der Waals surface area contributed by atoms with Crippen LogP contribution in [0.1, 0.15) is 106 Å². The Morgan fingerprint density at radius 3 is 1.89 bits per heavy atom. The number of esters is 1. The van der Waals surface area contributed by atoms with E-state index in [1.54, 1.807) is 6.92 Å². The number of aliphatic hydroxyl groups excluding tert-OH is 11. The second-order valence-electron chi connectivity index (χ2n) is 27.6. The summed E-state index contributed by atoms with van der Waals surface area (Å²) in [6.07, 6.45) is -33.8. The molecule has 0 aromatic heterocycles. The van der Waals surface area contributed by atoms with Gasteiger partial charge in [0.1, 0.15) is 109 Å². The Kier molecular flexibility index (Phi) is 20.3. The lowest BCUT2D eigenvalue weighted by Crippen LogP contribution is -2.68. The number of Topliss-reactive ketones (excluding diaryl/α,β-unsaturated/α-hetero) is 1. The number of carbonyl (C=O) groups excluding carboxylic acids is 2. The van der Waals surface area contributed by atoms with E-state index in [4.69, 9.17) is 61.0 Å². The maximum Gasteiger partial charge on any atom is 0.397 e. The summed E-state index contributed by atoms with van der Waals surface area (Å²) >= 11 is 0. The molecule has 9 fully saturated rings. The summed E-state index contributed by atoms with van der Waals surface area (Å²) in [7, 11) is -4.10. The zero-order valence-electron chi connectivity index (χ0n) is 51.3. The van der Waals surface area contributed by atoms with Gasteiger partial charge in [0.15, 0.2) is 37.2 Å². The minimum atomic E-state index is -5.26. The van der Waals surface area contributed by atoms with Crippen molar-refractivity contribution in [2.45, 2.75) is 259 Å². The molecule has 10 aliphatic rings. The number of rotatable bonds is 19. The SMILES string of the molecule is C=C(C)C(=O)CCC1(C)OC(=O)C23CCC4C(=CCC5C(C)(C)C(OC6OCC(OS(=O)(=O)O)C(O)C6OC6OC(C)C(OC7OC(CO)C(O)C(OC8OC(CO)C(O)C(OC)C8O)C7O)C(O)C6OC6OCC(O)C(O)C6O)CCC45C)C2(C)CCC13. The van der Waals surface area contributed by atoms with Crippen LogP contribution in [0.2, 0.25) is 0 Å². The predicted molar refractivity (Wildman–Crippen MR) is 298 cm³/mol. The van der Waals surface area contributed by atoms with Crippen molar-refractivity contribution in [1.29, 1.82) is 0 Å². The highest BCUT2D eigenvalue weighted by atomic mass is 32.3. The molecule has 4 aliphatic carbocycles. The molecule has 29 nitrogen and oxygen atoms in total. The van der Waals surface area contributed by atoms with Gasteiger partial charge in [0.2, 0.25) is 0 Å². The van der Waals surface area contributed by atoms with Crippen LogP contribution in [-0.2, 0) is 81.0 Å². The van der Waals surface area contributed by atoms with Crippen molar-refractivity contribution in [2.75, 3.05) is 33.5 Å². The first-order valence-electron chi connectivity index (χ1n) is 30.8. The number of hydrogen-bond donors (Lipinski definition) is 12. The van der Waals surface area contributed by atoms with Crippen molar-refractivity contribution in [2.24, 2.45) is 39.4 Å². The first-order chi connectivity index (χ1) is 41.7. The third-order valence-corrected chi connectivity index (χ3v) is 22.7. The first kappa shape index (κ1) is 69.4. The van der Waals surface area contributed by atoms with Crippen LogP contribution in [0.4, 0.5) is 0 Å². The van der Waals surface area contributed by atoms with Crippen LogP contribution < -0.4 is 0 Å². The van der Waals surface area contributed by atoms with E-state index in [1.807, 2.05) is 6.92 Å². The van der Waals surface area contributed by atoms with Crippen molar-refractivity contribution >= 4 is 22.2 Å². The summed E-state index contributed by atoms with van der Waals surface area (Å²) in [4.78, 5) is 27.2. The topological polar surface area (TPSA) is 431 Å². The maximum atomic E-state index is 14.5. The quantitative estimate of drug-likeness (QED) is 0.0290. The van der Waals surface area contributed by atoms with Gasteiger partial charge >= 0.3 is 16.4 Å². The molecule has 0 aromatic carbocycles. The van der Waals surface area contributed by atoms with Gasteiger partial charge in [0, 0.05) is 24.9 Å². The van der Waals surface area contributed by atoms with Crippen LogP contribution in [0.3, 0.4) is 0 Å². The highest BCUT2D eigenvalue weighted by Gasteiger charge is 2.76. The molecule has 508 valence electrons. The number of aliphatic hydroxyl groups is 11. The summed E-state index contributed by atoms with van der Waals surface area (Å²) < 4.78 is 112. The number of ketones is 1. The summed E-state index contributed by atoms with van der Waals surface area (Å²) in [5.74, 6) is -0.304. The Morgan fingerprint density at radius 2 is 1.26 bits per heavy atom. The Bertz CT molecular complexity index is 2700. The van der Waals surface area contributed by atoms with Crippen molar-refractivity contribution in [3.05, 3.63) is 23.8 Å². The minimum Gasteiger partial charge on any atom is -0.459 e. The molecule has 0 aromatic rings. The van der Waals surface area contributed by atoms with Gasteiger partial charge < -0.3 is 113 Å². The molecule has 31 unspecified atom stereocenters. The molecule has 30 heteroatoms. The normalized spacial score (nSPS) is 50.6. The van der Waals surface area contributed by atoms with Gasteiger partial charge in [-0.25, -0.2) is 4.18 Å². The predicted octanol–water partition coefficient (Wildman–Crippen LogP) is -1.92. The van der Waals surface area contributed by atoms with E-state index in [0.29, 0.717) is 37.7 Å². The smallest absolute Gasteiger partial charge is 0.397 e. The van der Waals surface area contributed by atoms with Gasteiger partial charge in [0.25, 0.3) is 0 Å². The molecule has 12 N–H and O–H groups in total. The summed E-state index contributed by atoms with van der Waals surface area (Å²) in [6.45, 7) is 14.6. The Balaban J connectivity index is 0.903. The second-order valence-corrected chi connectivity index (χ2v) is 28.6. The van der Waals surface area contributed by atoms with E-state index >= 15 is 0 Å². The fourth-order valence-corrected chi connectivity index (χ4v) is 17.7. The summed E-state index contributed by atoms with van der Waals surface area (Å²) in [5, 5.41) is 122. The molecule has 3 saturated carbocycles. The standard InChI is InChI=1S/C59H92O29S/c1-24(2)28(62)13-18-58(8)34-14-17-57(7)27-10-11-33-55(4,5)35(15-16-56(33,6)26(27)12-19-59(34,57)54(72)87-58)82-52-47(39(67)32(23-78-52)88-89(73,74)75)86-53-48(85-49-40(68)36(64)29(63)22-77-49)41(69)44(25(3)79-53)83-51-43(71)46(38(66)31(21-61)81-51)84-50-42(70)45(76-9)37(65)30(20-60)80-50/h10,25-26,29-53,60-61,63-71H,1,11-23H2,2-9H3,(H,73,74,75). The number of carbonyl (C=O) groups is 2. The summed E-state index contributed by atoms with van der Waals surface area (Å²) in [6, 6.07) is 0. The van der Waals surface area contributed by atoms with Crippen LogP contribution in [0.5, 0.6) is 0 Å². The molecule has 0 amide bonds. The minimum absolute atomic E-state index is 0.0368. The third-order valence-electron chi connectivity index (χ3n) is 22.2. The van der Waals surface area contributed by atoms with Gasteiger partial charge in [-0.15, -0.1) is 0 Å². The van der Waals surface area contributed by atoms with E-state index in [0.717, 1.165) is 19.3 Å². The maximum absolute atomic E-state index is 14.5. The monoisotopic (exact) mass is 1300 g/mol. The zero-order chi connectivity index (χ0) is 65.0. The largest absolute Gasteiger partial charge is 0.459 e. The molecule has 31 atom stereocenters. The van der Waals surface area contributed by atoms with Gasteiger partial charge in [-0.1, -0.05) is 45.9 Å². The lowest BCUT2D eigenvalue weighted by atomic mass is 9.41. The number of hydrogen-bond acceptors (Lipinski definition) is 28. The number of cyclic esters (lactones) is 1. The van der Waals surface area contributed by atoms with Crippen LogP contribution in [-0.4, -0.2) is 267 Å². The lowest BCUT2D eigenvalue weighted by molar-refractivity contribution is -0.403. The molecule has 1 spiro atoms. The molecule has 0 bridgehead atoms. The Morgan fingerprint density at radius 1 is 0.663 bits per heavy atom. The van der Waals surface area contributed by atoms with Crippen molar-refractivity contribution in [3.63, 3.8) is 0 Å². The van der Waals surface area contributed by atoms with Gasteiger partial charge in [0.05, 0.1) is 44.1 Å². The average Bonchev–Trinajstić information content (AvgIpc) is 1.56. The van der Waals surface area contributed by atoms with Crippen molar-refractivity contribution < 1.29 is 140 Å². The Labute approximate surface area is 516 Å². The van der Waals surface area contributed by atoms with Crippen LogP contribution in [0.25, 0.3) is 0 Å². The van der Waals surface area contributed by atoms with Crippen LogP contribution in [0, 0.1) is 39.4 Å². The highest BCUT2D eigenvalue weighted by Crippen LogP contribution is 2.76. The fraction of sp³-hybridized carbons (Fsp3) is 0.898. The van der Waals surface area contributed by atoms with E-state index < -0.39 is 206 Å². The fourth-order valence-electron chi connectivity index (χ4n) is 17.3. The molecule has 10 rings (SSSR count). The molecule has 6 heterocycles. The van der Waals surface area contributed by atoms with E-state index in [-0.39, 0.29) is 41.3 Å². The van der Waals surface area contributed by atoms with Gasteiger partial charge in [-0.05, 0) is 100 Å². The molecule has 6 saturated heterocycles. The van der Waals surface area contributed by atoms with Crippen molar-refractivity contribution in [1.82, 2.24) is 0 Å². The average molecular weight is 1300 g/mol. The molecule has 6 aliphatic heterocycles.